The highest BCUT2D eigenvalue weighted by molar-refractivity contribution is 6.01. The number of carbonyl (C=O) groups excluding carboxylic acids is 2. The number of alkyl halides is 1. The van der Waals surface area contributed by atoms with Gasteiger partial charge < -0.3 is 15.3 Å². The first kappa shape index (κ1) is 19.5. The fourth-order valence-corrected chi connectivity index (χ4v) is 6.74. The van der Waals surface area contributed by atoms with E-state index in [-0.39, 0.29) is 11.7 Å². The van der Waals surface area contributed by atoms with Gasteiger partial charge in [0.25, 0.3) is 0 Å². The van der Waals surface area contributed by atoms with Gasteiger partial charge in [0.1, 0.15) is 18.0 Å². The predicted octanol–water partition coefficient (Wildman–Crippen LogP) is 2.59. The zero-order valence-corrected chi connectivity index (χ0v) is 16.4. The van der Waals surface area contributed by atoms with Crippen LogP contribution in [0, 0.1) is 28.6 Å². The highest BCUT2D eigenvalue weighted by atomic mass is 19.1. The molecule has 0 aliphatic heterocycles. The quantitative estimate of drug-likeness (QED) is 0.674. The first-order valence-electron chi connectivity index (χ1n) is 9.88. The van der Waals surface area contributed by atoms with Crippen LogP contribution in [0.25, 0.3) is 0 Å². The van der Waals surface area contributed by atoms with E-state index < -0.39 is 52.1 Å². The van der Waals surface area contributed by atoms with Crippen LogP contribution < -0.4 is 0 Å². The lowest BCUT2D eigenvalue weighted by molar-refractivity contribution is -0.162. The summed E-state index contributed by atoms with van der Waals surface area (Å²) in [7, 11) is 0. The third-order valence-corrected chi connectivity index (χ3v) is 8.33. The minimum Gasteiger partial charge on any atom is -0.509 e. The van der Waals surface area contributed by atoms with Gasteiger partial charge in [0.15, 0.2) is 17.2 Å². The van der Waals surface area contributed by atoms with Crippen molar-refractivity contribution in [1.29, 1.82) is 0 Å². The maximum absolute atomic E-state index is 16.8. The smallest absolute Gasteiger partial charge is 0.190 e. The average Bonchev–Trinajstić information content (AvgIpc) is 2.84. The number of Topliss-reactive ketones (excluding diaryl/α,β-unsaturated/α-hetero) is 1. The van der Waals surface area contributed by atoms with Gasteiger partial charge in [-0.1, -0.05) is 25.5 Å². The third-order valence-electron chi connectivity index (χ3n) is 8.33. The Balaban J connectivity index is 1.91. The van der Waals surface area contributed by atoms with Gasteiger partial charge in [-0.05, 0) is 56.3 Å². The minimum absolute atomic E-state index is 0.184. The first-order chi connectivity index (χ1) is 13.0. The van der Waals surface area contributed by atoms with Crippen molar-refractivity contribution in [3.8, 4) is 0 Å². The number of carbonyl (C=O) groups is 2. The molecule has 7 atom stereocenters. The molecule has 6 heteroatoms. The number of aliphatic hydroxyl groups is 3. The van der Waals surface area contributed by atoms with Gasteiger partial charge >= 0.3 is 0 Å². The number of allylic oxidation sites excluding steroid dienone is 5. The van der Waals surface area contributed by atoms with E-state index in [0.29, 0.717) is 24.8 Å². The van der Waals surface area contributed by atoms with Crippen LogP contribution in [-0.2, 0) is 9.59 Å². The molecule has 0 radical (unpaired) electrons. The van der Waals surface area contributed by atoms with Crippen LogP contribution in [0.4, 0.5) is 4.39 Å². The number of fused-ring (bicyclic) bond motifs is 5. The van der Waals surface area contributed by atoms with Crippen LogP contribution >= 0.6 is 0 Å². The van der Waals surface area contributed by atoms with E-state index in [9.17, 15) is 24.9 Å². The number of hydrogen-bond donors (Lipinski definition) is 3. The fraction of sp³-hybridized carbons (Fsp3) is 0.636. The molecule has 0 amide bonds. The highest BCUT2D eigenvalue weighted by Crippen LogP contribution is 2.69. The van der Waals surface area contributed by atoms with Gasteiger partial charge in [0.2, 0.25) is 0 Å². The molecule has 3 N–H and O–H groups in total. The number of ketones is 2. The minimum atomic E-state index is -2.12. The predicted molar refractivity (Wildman–Crippen MR) is 100 cm³/mol. The van der Waals surface area contributed by atoms with Gasteiger partial charge in [-0.25, -0.2) is 4.39 Å². The Morgan fingerprint density at radius 1 is 1.32 bits per heavy atom. The van der Waals surface area contributed by atoms with Crippen LogP contribution in [0.3, 0.4) is 0 Å². The van der Waals surface area contributed by atoms with Gasteiger partial charge in [-0.15, -0.1) is 0 Å². The lowest BCUT2D eigenvalue weighted by Gasteiger charge is -2.58. The molecule has 0 aromatic carbocycles. The summed E-state index contributed by atoms with van der Waals surface area (Å²) in [6.45, 7) is 4.30. The summed E-state index contributed by atoms with van der Waals surface area (Å²) in [5.41, 5.74) is -5.66. The van der Waals surface area contributed by atoms with Crippen LogP contribution in [0.2, 0.25) is 0 Å². The molecule has 152 valence electrons. The van der Waals surface area contributed by atoms with Crippen LogP contribution in [0.15, 0.2) is 35.6 Å². The SMILES string of the molecule is CC1CC2C3CCC4=CC(=O)C=CC4(C)C3(F)C(O)=CC2(C)C1(O)C(=O)CO. The Labute approximate surface area is 163 Å². The van der Waals surface area contributed by atoms with Crippen molar-refractivity contribution in [2.45, 2.75) is 51.3 Å². The van der Waals surface area contributed by atoms with Crippen LogP contribution in [0.5, 0.6) is 0 Å². The van der Waals surface area contributed by atoms with Gasteiger partial charge in [-0.2, -0.15) is 0 Å². The molecular weight excluding hydrogens is 363 g/mol. The number of halogens is 1. The molecule has 2 fully saturated rings. The van der Waals surface area contributed by atoms with Crippen molar-refractivity contribution in [2.24, 2.45) is 28.6 Å². The maximum atomic E-state index is 16.8. The second-order valence-electron chi connectivity index (χ2n) is 9.37. The molecule has 2 saturated carbocycles. The van der Waals surface area contributed by atoms with Gasteiger partial charge in [0.05, 0.1) is 0 Å². The monoisotopic (exact) mass is 390 g/mol. The number of rotatable bonds is 2. The van der Waals surface area contributed by atoms with Crippen LogP contribution in [-0.4, -0.2) is 44.8 Å². The number of hydrogen-bond acceptors (Lipinski definition) is 5. The number of aliphatic hydroxyl groups excluding tert-OH is 2. The second kappa shape index (κ2) is 5.63. The Bertz CT molecular complexity index is 859. The summed E-state index contributed by atoms with van der Waals surface area (Å²) in [5.74, 6) is -2.87. The molecule has 4 aliphatic carbocycles. The summed E-state index contributed by atoms with van der Waals surface area (Å²) in [4.78, 5) is 24.3. The van der Waals surface area contributed by atoms with E-state index in [4.69, 9.17) is 0 Å². The molecule has 0 spiro atoms. The van der Waals surface area contributed by atoms with Crippen molar-refractivity contribution >= 4 is 11.6 Å². The molecule has 0 heterocycles. The highest BCUT2D eigenvalue weighted by Gasteiger charge is 2.73. The fourth-order valence-electron chi connectivity index (χ4n) is 6.74. The molecule has 28 heavy (non-hydrogen) atoms. The molecule has 0 bridgehead atoms. The topological polar surface area (TPSA) is 94.8 Å². The Hall–Kier alpha value is -1.79. The second-order valence-corrected chi connectivity index (χ2v) is 9.37. The van der Waals surface area contributed by atoms with Crippen molar-refractivity contribution in [2.75, 3.05) is 6.61 Å². The molecule has 4 rings (SSSR count). The standard InChI is InChI=1S/C22H27FO5/c1-12-8-16-15-5-4-13-9-14(25)6-7-19(13,2)21(15,23)17(26)10-20(16,3)22(12,28)18(27)11-24/h6-7,9-10,12,15-16,24,26,28H,4-5,8,11H2,1-3H3. The summed E-state index contributed by atoms with van der Waals surface area (Å²) >= 11 is 0. The van der Waals surface area contributed by atoms with E-state index in [2.05, 4.69) is 0 Å². The summed E-state index contributed by atoms with van der Waals surface area (Å²) in [6.07, 6.45) is 7.00. The Kier molecular flexibility index (Phi) is 3.93. The average molecular weight is 390 g/mol. The molecular formula is C22H27FO5. The van der Waals surface area contributed by atoms with Crippen molar-refractivity contribution in [3.05, 3.63) is 35.6 Å². The zero-order chi connectivity index (χ0) is 20.7. The van der Waals surface area contributed by atoms with Crippen molar-refractivity contribution in [1.82, 2.24) is 0 Å². The summed E-state index contributed by atoms with van der Waals surface area (Å²) in [5, 5.41) is 31.8. The molecule has 5 nitrogen and oxygen atoms in total. The van der Waals surface area contributed by atoms with Gasteiger partial charge in [-0.3, -0.25) is 9.59 Å². The summed E-state index contributed by atoms with van der Waals surface area (Å²) in [6, 6.07) is 0. The zero-order valence-electron chi connectivity index (χ0n) is 16.4. The molecule has 0 aromatic heterocycles. The maximum Gasteiger partial charge on any atom is 0.190 e. The molecule has 0 saturated heterocycles. The largest absolute Gasteiger partial charge is 0.509 e. The third kappa shape index (κ3) is 1.93. The van der Waals surface area contributed by atoms with E-state index in [1.807, 2.05) is 0 Å². The Morgan fingerprint density at radius 3 is 2.64 bits per heavy atom. The van der Waals surface area contributed by atoms with Crippen molar-refractivity contribution in [3.63, 3.8) is 0 Å². The van der Waals surface area contributed by atoms with Crippen molar-refractivity contribution < 1.29 is 29.3 Å². The lowest BCUT2D eigenvalue weighted by atomic mass is 9.47. The molecule has 0 aromatic rings. The van der Waals surface area contributed by atoms with Gasteiger partial charge in [0, 0.05) is 16.7 Å². The van der Waals surface area contributed by atoms with E-state index in [1.165, 1.54) is 18.2 Å². The molecule has 4 aliphatic rings. The Morgan fingerprint density at radius 2 is 2.00 bits per heavy atom. The summed E-state index contributed by atoms with van der Waals surface area (Å²) < 4.78 is 16.8. The molecule has 7 unspecified atom stereocenters. The van der Waals surface area contributed by atoms with E-state index in [0.717, 1.165) is 0 Å². The normalized spacial score (nSPS) is 49.6. The lowest BCUT2D eigenvalue weighted by Crippen LogP contribution is -2.63. The first-order valence-corrected chi connectivity index (χ1v) is 9.88. The van der Waals surface area contributed by atoms with Crippen LogP contribution in [0.1, 0.15) is 40.0 Å². The van der Waals surface area contributed by atoms with E-state index >= 15 is 4.39 Å². The van der Waals surface area contributed by atoms with E-state index in [1.54, 1.807) is 26.8 Å².